The lowest BCUT2D eigenvalue weighted by atomic mass is 9.88. The molecule has 7 aromatic rings. The number of aliphatic hydroxyl groups excluding tert-OH is 1. The second-order valence-electron chi connectivity index (χ2n) is 28.0. The normalized spacial score (nSPS) is 18.2. The number of Topliss-reactive ketones (excluding diaryl/α,β-unsaturated/α-hetero) is 2. The number of fused-ring (bicyclic) bond motifs is 9. The van der Waals surface area contributed by atoms with E-state index in [1.54, 1.807) is 54.2 Å². The SMILES string of the molecule is COc1ccc(C2=CN3C(=O)c4cc(OC)c(OCCCOc5cc6c(cc5OC)C(=O)N5CC7(CC7)C[C@H]5C(O)N6C(=O)OCc5ccc(CC(=O)[C@H](C)NC(=O)[C@@H](CC(=O)CCC(=O)N6Cc7ccccc7-c7nnn(C(C)C)c7-c7ccccc76)C(C)C)cc5)cc4CC[C@@H]3C2)cc1. The van der Waals surface area contributed by atoms with Crippen LogP contribution in [-0.4, -0.2) is 137 Å². The number of benzene rings is 6. The zero-order chi connectivity index (χ0) is 71.0. The van der Waals surface area contributed by atoms with E-state index in [0.29, 0.717) is 59.7 Å². The molecule has 1 spiro atoms. The lowest BCUT2D eigenvalue weighted by Gasteiger charge is -2.31. The van der Waals surface area contributed by atoms with Gasteiger partial charge in [0, 0.05) is 85.6 Å². The van der Waals surface area contributed by atoms with Crippen LogP contribution in [0.5, 0.6) is 28.7 Å². The number of ether oxygens (including phenoxy) is 6. The predicted octanol–water partition coefficient (Wildman–Crippen LogP) is 11.9. The molecule has 5 amide bonds. The molecule has 22 nitrogen and oxygen atoms in total. The van der Waals surface area contributed by atoms with Crippen molar-refractivity contribution in [2.45, 2.75) is 149 Å². The van der Waals surface area contributed by atoms with Gasteiger partial charge in [-0.25, -0.2) is 14.4 Å². The van der Waals surface area contributed by atoms with Gasteiger partial charge in [0.15, 0.2) is 35.0 Å². The number of aryl methyl sites for hydroxylation is 1. The first-order valence-corrected chi connectivity index (χ1v) is 34.9. The summed E-state index contributed by atoms with van der Waals surface area (Å²) in [6, 6.07) is 35.4. The number of carbonyl (C=O) groups excluding carboxylic acids is 7. The number of carbonyl (C=O) groups is 7. The number of hydrogen-bond donors (Lipinski definition) is 2. The summed E-state index contributed by atoms with van der Waals surface area (Å²) in [5.74, 6) is -0.481. The first-order chi connectivity index (χ1) is 48.7. The Morgan fingerprint density at radius 1 is 0.713 bits per heavy atom. The number of para-hydroxylation sites is 1. The fourth-order valence-electron chi connectivity index (χ4n) is 14.7. The van der Waals surface area contributed by atoms with Crippen molar-refractivity contribution in [1.82, 2.24) is 30.1 Å². The highest BCUT2D eigenvalue weighted by atomic mass is 16.6. The molecule has 6 aliphatic rings. The van der Waals surface area contributed by atoms with E-state index >= 15 is 0 Å². The number of anilines is 2. The summed E-state index contributed by atoms with van der Waals surface area (Å²) < 4.78 is 37.3. The molecule has 13 rings (SSSR count). The minimum atomic E-state index is -1.47. The molecule has 5 atom stereocenters. The van der Waals surface area contributed by atoms with Crippen LogP contribution in [0.25, 0.3) is 28.1 Å². The van der Waals surface area contributed by atoms with Crippen LogP contribution in [0.2, 0.25) is 0 Å². The molecule has 6 aromatic carbocycles. The maximum absolute atomic E-state index is 14.6. The third-order valence-electron chi connectivity index (χ3n) is 20.7. The Labute approximate surface area is 587 Å². The standard InChI is InChI=1S/C79H86N8O14/c1-46(2)60(37-56(88)26-29-71(90)84-42-53-14-9-10-15-58(53)72-73(87(47(3)4)82-81-72)59-16-11-12-17-63(59)84)74(91)80-48(5)66(89)34-49-18-20-50(21-19-49)44-101-78(95)86-64-40-70(68(98-8)39-62(64)76(93)85-45-79(30-31-79)41-65(85)77(86)94)100-33-13-32-99-69-36-52-22-25-55-35-54(51-23-27-57(96-6)28-24-51)43-83(55)75(92)61(52)38-67(69)97-7/h9-12,14-21,23-24,27-28,36,38-40,43,46-48,55,60,65,77,94H,13,22,25-26,29-35,37,41-42,44-45H2,1-8H3,(H,80,91)/t48-,55+,60-,65-,77?/m0/s1. The summed E-state index contributed by atoms with van der Waals surface area (Å²) in [6.07, 6.45) is 4.19. The number of rotatable bonds is 24. The predicted molar refractivity (Wildman–Crippen MR) is 378 cm³/mol. The van der Waals surface area contributed by atoms with E-state index < -0.39 is 36.2 Å². The van der Waals surface area contributed by atoms with Gasteiger partial charge in [0.25, 0.3) is 11.8 Å². The van der Waals surface area contributed by atoms with Gasteiger partial charge in [-0.3, -0.25) is 28.8 Å². The molecule has 2 fully saturated rings. The number of nitrogens with zero attached hydrogens (tertiary/aromatic N) is 7. The van der Waals surface area contributed by atoms with Crippen molar-refractivity contribution >= 4 is 58.2 Å². The highest BCUT2D eigenvalue weighted by Gasteiger charge is 2.58. The van der Waals surface area contributed by atoms with Gasteiger partial charge in [-0.2, -0.15) is 0 Å². The van der Waals surface area contributed by atoms with Gasteiger partial charge in [-0.1, -0.05) is 97.9 Å². The van der Waals surface area contributed by atoms with Crippen LogP contribution in [-0.2, 0) is 49.9 Å². The molecule has 0 bridgehead atoms. The van der Waals surface area contributed by atoms with Gasteiger partial charge in [0.05, 0.1) is 75.8 Å². The summed E-state index contributed by atoms with van der Waals surface area (Å²) in [5, 5.41) is 24.2. The molecule has 22 heteroatoms. The number of methoxy groups -OCH3 is 3. The molecule has 1 saturated carbocycles. The molecule has 1 unspecified atom stereocenters. The minimum Gasteiger partial charge on any atom is -0.497 e. The van der Waals surface area contributed by atoms with Gasteiger partial charge < -0.3 is 53.5 Å². The minimum absolute atomic E-state index is 0.00881. The van der Waals surface area contributed by atoms with Crippen molar-refractivity contribution in [2.24, 2.45) is 17.3 Å². The van der Waals surface area contributed by atoms with Crippen LogP contribution in [0.3, 0.4) is 0 Å². The molecule has 1 saturated heterocycles. The monoisotopic (exact) mass is 1370 g/mol. The van der Waals surface area contributed by atoms with Gasteiger partial charge in [-0.15, -0.1) is 5.10 Å². The van der Waals surface area contributed by atoms with E-state index in [9.17, 15) is 38.7 Å². The van der Waals surface area contributed by atoms with Crippen LogP contribution in [0.4, 0.5) is 16.2 Å². The van der Waals surface area contributed by atoms with E-state index in [4.69, 9.17) is 28.4 Å². The van der Waals surface area contributed by atoms with Gasteiger partial charge in [0.1, 0.15) is 23.8 Å². The van der Waals surface area contributed by atoms with Crippen molar-refractivity contribution in [2.75, 3.05) is 50.9 Å². The van der Waals surface area contributed by atoms with E-state index in [1.807, 2.05) is 122 Å². The maximum Gasteiger partial charge on any atom is 0.416 e. The Morgan fingerprint density at radius 3 is 2.09 bits per heavy atom. The average Bonchev–Trinajstić information content (AvgIpc) is 1.57. The van der Waals surface area contributed by atoms with Crippen LogP contribution >= 0.6 is 0 Å². The number of aromatic nitrogens is 3. The quantitative estimate of drug-likeness (QED) is 0.0534. The second-order valence-corrected chi connectivity index (χ2v) is 28.0. The zero-order valence-corrected chi connectivity index (χ0v) is 58.4. The Balaban J connectivity index is 0.613. The van der Waals surface area contributed by atoms with E-state index in [-0.39, 0.29) is 128 Å². The summed E-state index contributed by atoms with van der Waals surface area (Å²) in [4.78, 5) is 105. The van der Waals surface area contributed by atoms with Crippen molar-refractivity contribution in [1.29, 1.82) is 0 Å². The molecule has 5 aliphatic heterocycles. The van der Waals surface area contributed by atoms with E-state index in [1.165, 1.54) is 26.4 Å². The largest absolute Gasteiger partial charge is 0.497 e. The Hall–Kier alpha value is -10.4. The Kier molecular flexibility index (Phi) is 19.9. The van der Waals surface area contributed by atoms with Crippen LogP contribution < -0.4 is 38.8 Å². The fourth-order valence-corrected chi connectivity index (χ4v) is 14.7. The molecular weight excluding hydrogens is 1280 g/mol. The third kappa shape index (κ3) is 14.1. The lowest BCUT2D eigenvalue weighted by Crippen LogP contribution is -2.50. The summed E-state index contributed by atoms with van der Waals surface area (Å²) >= 11 is 0. The van der Waals surface area contributed by atoms with Gasteiger partial charge in [-0.05, 0) is 140 Å². The molecule has 2 N–H and O–H groups in total. The molecule has 6 heterocycles. The number of hydrogen-bond acceptors (Lipinski definition) is 16. The van der Waals surface area contributed by atoms with E-state index in [2.05, 4.69) is 15.6 Å². The van der Waals surface area contributed by atoms with Crippen LogP contribution in [0.1, 0.15) is 147 Å². The Morgan fingerprint density at radius 2 is 1.40 bits per heavy atom. The molecule has 101 heavy (non-hydrogen) atoms. The molecule has 0 radical (unpaired) electrons. The number of nitrogens with one attached hydrogen (secondary N) is 1. The molecular formula is C79H86N8O14. The van der Waals surface area contributed by atoms with Gasteiger partial charge >= 0.3 is 6.09 Å². The summed E-state index contributed by atoms with van der Waals surface area (Å²) in [7, 11) is 4.63. The van der Waals surface area contributed by atoms with Crippen molar-refractivity contribution in [3.63, 3.8) is 0 Å². The third-order valence-corrected chi connectivity index (χ3v) is 20.7. The van der Waals surface area contributed by atoms with Crippen molar-refractivity contribution in [3.8, 4) is 51.3 Å². The average molecular weight is 1370 g/mol. The van der Waals surface area contributed by atoms with Crippen molar-refractivity contribution < 1.29 is 67.1 Å². The van der Waals surface area contributed by atoms with Crippen LogP contribution in [0.15, 0.2) is 128 Å². The molecule has 1 aliphatic carbocycles. The summed E-state index contributed by atoms with van der Waals surface area (Å²) in [5.41, 5.74) is 9.71. The molecule has 526 valence electrons. The number of aliphatic hydroxyl groups is 1. The first-order valence-electron chi connectivity index (χ1n) is 34.9. The highest BCUT2D eigenvalue weighted by molar-refractivity contribution is 6.07. The second kappa shape index (κ2) is 29.1. The zero-order valence-electron chi connectivity index (χ0n) is 58.4. The van der Waals surface area contributed by atoms with E-state index in [0.717, 1.165) is 81.1 Å². The van der Waals surface area contributed by atoms with Crippen molar-refractivity contribution in [3.05, 3.63) is 166 Å². The lowest BCUT2D eigenvalue weighted by molar-refractivity contribution is -0.133. The summed E-state index contributed by atoms with van der Waals surface area (Å²) in [6.45, 7) is 10.2. The number of ketones is 2. The fraction of sp³-hybridized carbons (Fsp3) is 0.405. The van der Waals surface area contributed by atoms with Gasteiger partial charge in [0.2, 0.25) is 11.8 Å². The maximum atomic E-state index is 14.6. The first kappa shape index (κ1) is 69.1. The smallest absolute Gasteiger partial charge is 0.416 e. The topological polar surface area (TPSA) is 251 Å². The molecule has 1 aromatic heterocycles. The highest BCUT2D eigenvalue weighted by Crippen LogP contribution is 2.57. The number of amides is 5. The van der Waals surface area contributed by atoms with Crippen LogP contribution in [0, 0.1) is 17.3 Å². The Bertz CT molecular complexity index is 4390.